The van der Waals surface area contributed by atoms with Crippen LogP contribution in [0.1, 0.15) is 5.56 Å². The van der Waals surface area contributed by atoms with E-state index >= 15 is 0 Å². The van der Waals surface area contributed by atoms with Crippen LogP contribution in [0.3, 0.4) is 0 Å². The molecule has 7 nitrogen and oxygen atoms in total. The molecule has 0 spiro atoms. The van der Waals surface area contributed by atoms with Gasteiger partial charge in [0.1, 0.15) is 5.76 Å². The number of hydrogen-bond acceptors (Lipinski definition) is 7. The van der Waals surface area contributed by atoms with Gasteiger partial charge in [0.05, 0.1) is 22.8 Å². The van der Waals surface area contributed by atoms with Gasteiger partial charge in [-0.25, -0.2) is 0 Å². The Bertz CT molecular complexity index is 1120. The summed E-state index contributed by atoms with van der Waals surface area (Å²) in [5.41, 5.74) is 2.66. The van der Waals surface area contributed by atoms with Gasteiger partial charge >= 0.3 is 6.01 Å². The highest BCUT2D eigenvalue weighted by molar-refractivity contribution is 6.09. The monoisotopic (exact) mass is 371 g/mol. The van der Waals surface area contributed by atoms with Gasteiger partial charge in [-0.05, 0) is 29.9 Å². The Hall–Kier alpha value is -4.00. The first-order chi connectivity index (χ1) is 13.7. The van der Waals surface area contributed by atoms with E-state index in [0.717, 1.165) is 5.56 Å². The normalized spacial score (nSPS) is 14.9. The second-order valence-electron chi connectivity index (χ2n) is 6.08. The van der Waals surface area contributed by atoms with Gasteiger partial charge < -0.3 is 20.6 Å². The number of nitrogens with zero attached hydrogens (tertiary/aromatic N) is 3. The summed E-state index contributed by atoms with van der Waals surface area (Å²) in [5.74, 6) is 0.294. The van der Waals surface area contributed by atoms with E-state index in [1.807, 2.05) is 30.3 Å². The van der Waals surface area contributed by atoms with Crippen molar-refractivity contribution in [2.45, 2.75) is 6.54 Å². The van der Waals surface area contributed by atoms with Crippen molar-refractivity contribution >= 4 is 16.6 Å². The first kappa shape index (κ1) is 17.4. The molecule has 0 aliphatic heterocycles. The van der Waals surface area contributed by atoms with Gasteiger partial charge in [0.25, 0.3) is 0 Å². The predicted molar refractivity (Wildman–Crippen MR) is 106 cm³/mol. The molecule has 0 saturated heterocycles. The third-order valence-electron chi connectivity index (χ3n) is 4.10. The summed E-state index contributed by atoms with van der Waals surface area (Å²) in [6, 6.07) is 11.6. The molecule has 3 aromatic rings. The number of allylic oxidation sites excluding steroid dienone is 4. The van der Waals surface area contributed by atoms with Crippen molar-refractivity contribution in [1.82, 2.24) is 20.3 Å². The molecule has 0 radical (unpaired) electrons. The number of nitrogens with one attached hydrogen (secondary N) is 2. The smallest absolute Gasteiger partial charge is 0.325 e. The topological polar surface area (TPSA) is 104 Å². The average Bonchev–Trinajstić information content (AvgIpc) is 2.71. The van der Waals surface area contributed by atoms with Crippen LogP contribution in [-0.2, 0) is 6.54 Å². The molecule has 7 heteroatoms. The van der Waals surface area contributed by atoms with Crippen molar-refractivity contribution in [3.8, 4) is 11.9 Å². The van der Waals surface area contributed by atoms with Gasteiger partial charge in [0, 0.05) is 24.5 Å². The van der Waals surface area contributed by atoms with Gasteiger partial charge in [-0.15, -0.1) is 0 Å². The SMILES string of the molecule is N=C1C=CC(Oc2nc(O)c3ccncc3n2)=C/C1=C/NCc1ccccc1. The lowest BCUT2D eigenvalue weighted by atomic mass is 10.1. The first-order valence-corrected chi connectivity index (χ1v) is 8.64. The van der Waals surface area contributed by atoms with E-state index in [4.69, 9.17) is 10.1 Å². The Morgan fingerprint density at radius 2 is 1.96 bits per heavy atom. The van der Waals surface area contributed by atoms with Crippen LogP contribution in [0.2, 0.25) is 0 Å². The van der Waals surface area contributed by atoms with Crippen molar-refractivity contribution in [3.05, 3.63) is 90.1 Å². The molecule has 0 atom stereocenters. The van der Waals surface area contributed by atoms with Crippen LogP contribution in [0.15, 0.2) is 84.6 Å². The van der Waals surface area contributed by atoms with E-state index in [-0.39, 0.29) is 11.9 Å². The molecule has 2 aromatic heterocycles. The molecule has 4 rings (SSSR count). The van der Waals surface area contributed by atoms with Crippen LogP contribution < -0.4 is 10.1 Å². The molecule has 0 amide bonds. The number of ether oxygens (including phenoxy) is 1. The summed E-state index contributed by atoms with van der Waals surface area (Å²) in [6.07, 6.45) is 9.87. The Kier molecular flexibility index (Phi) is 4.79. The first-order valence-electron chi connectivity index (χ1n) is 8.64. The predicted octanol–water partition coefficient (Wildman–Crippen LogP) is 3.26. The molecule has 2 heterocycles. The van der Waals surface area contributed by atoms with Gasteiger partial charge in [0.2, 0.25) is 5.88 Å². The Balaban J connectivity index is 1.51. The second kappa shape index (κ2) is 7.71. The number of aromatic nitrogens is 3. The summed E-state index contributed by atoms with van der Waals surface area (Å²) < 4.78 is 5.69. The number of benzene rings is 1. The van der Waals surface area contributed by atoms with Gasteiger partial charge in [0.15, 0.2) is 0 Å². The van der Waals surface area contributed by atoms with Crippen LogP contribution >= 0.6 is 0 Å². The van der Waals surface area contributed by atoms with Gasteiger partial charge in [-0.1, -0.05) is 30.3 Å². The summed E-state index contributed by atoms with van der Waals surface area (Å²) in [5, 5.41) is 21.8. The quantitative estimate of drug-likeness (QED) is 0.636. The highest BCUT2D eigenvalue weighted by atomic mass is 16.5. The van der Waals surface area contributed by atoms with Crippen LogP contribution in [0.25, 0.3) is 10.9 Å². The lowest BCUT2D eigenvalue weighted by Crippen LogP contribution is -2.11. The highest BCUT2D eigenvalue weighted by Gasteiger charge is 2.12. The van der Waals surface area contributed by atoms with Crippen LogP contribution in [-0.4, -0.2) is 25.8 Å². The summed E-state index contributed by atoms with van der Waals surface area (Å²) in [7, 11) is 0. The van der Waals surface area contributed by atoms with Crippen molar-refractivity contribution < 1.29 is 9.84 Å². The van der Waals surface area contributed by atoms with E-state index in [1.54, 1.807) is 36.7 Å². The molecule has 138 valence electrons. The Morgan fingerprint density at radius 3 is 2.82 bits per heavy atom. The summed E-state index contributed by atoms with van der Waals surface area (Å²) in [6.45, 7) is 0.653. The van der Waals surface area contributed by atoms with Crippen LogP contribution in [0, 0.1) is 5.41 Å². The van der Waals surface area contributed by atoms with E-state index in [9.17, 15) is 5.11 Å². The molecular formula is C21H17N5O2. The zero-order valence-corrected chi connectivity index (χ0v) is 14.8. The molecule has 1 aliphatic carbocycles. The maximum absolute atomic E-state index is 10.0. The second-order valence-corrected chi connectivity index (χ2v) is 6.08. The number of rotatable bonds is 5. The lowest BCUT2D eigenvalue weighted by Gasteiger charge is -2.12. The van der Waals surface area contributed by atoms with E-state index in [0.29, 0.717) is 34.5 Å². The molecule has 1 aromatic carbocycles. The maximum Gasteiger partial charge on any atom is 0.325 e. The van der Waals surface area contributed by atoms with Crippen molar-refractivity contribution in [2.75, 3.05) is 0 Å². The summed E-state index contributed by atoms with van der Waals surface area (Å²) >= 11 is 0. The molecule has 0 fully saturated rings. The third kappa shape index (κ3) is 3.88. The number of fused-ring (bicyclic) bond motifs is 1. The fraction of sp³-hybridized carbons (Fsp3) is 0.0476. The van der Waals surface area contributed by atoms with Crippen LogP contribution in [0.4, 0.5) is 0 Å². The Morgan fingerprint density at radius 1 is 1.11 bits per heavy atom. The average molecular weight is 371 g/mol. The molecule has 3 N–H and O–H groups in total. The molecule has 1 aliphatic rings. The number of hydrogen-bond donors (Lipinski definition) is 3. The van der Waals surface area contributed by atoms with E-state index < -0.39 is 0 Å². The summed E-state index contributed by atoms with van der Waals surface area (Å²) in [4.78, 5) is 12.2. The zero-order valence-electron chi connectivity index (χ0n) is 14.8. The molecule has 0 saturated carbocycles. The standard InChI is InChI=1S/C21H17N5O2/c22-18-7-6-16(10-15(18)12-24-11-14-4-2-1-3-5-14)28-21-25-19-13-23-9-8-17(19)20(27)26-21/h1-10,12-13,22,24H,11H2,(H,25,26,27)/b15-12-,22-18?. The molecule has 28 heavy (non-hydrogen) atoms. The van der Waals surface area contributed by atoms with E-state index in [1.165, 1.54) is 6.20 Å². The fourth-order valence-electron chi connectivity index (χ4n) is 2.69. The minimum absolute atomic E-state index is 0.0129. The molecular weight excluding hydrogens is 354 g/mol. The van der Waals surface area contributed by atoms with Gasteiger partial charge in [-0.3, -0.25) is 4.98 Å². The van der Waals surface area contributed by atoms with Gasteiger partial charge in [-0.2, -0.15) is 9.97 Å². The van der Waals surface area contributed by atoms with E-state index in [2.05, 4.69) is 20.3 Å². The maximum atomic E-state index is 10.0. The largest absolute Gasteiger partial charge is 0.493 e. The minimum atomic E-state index is -0.171. The van der Waals surface area contributed by atoms with Crippen LogP contribution in [0.5, 0.6) is 11.9 Å². The molecule has 0 bridgehead atoms. The number of pyridine rings is 1. The van der Waals surface area contributed by atoms with Crippen molar-refractivity contribution in [2.24, 2.45) is 0 Å². The fourth-order valence-corrected chi connectivity index (χ4v) is 2.69. The highest BCUT2D eigenvalue weighted by Crippen LogP contribution is 2.24. The zero-order chi connectivity index (χ0) is 19.3. The Labute approximate surface area is 161 Å². The minimum Gasteiger partial charge on any atom is -0.493 e. The van der Waals surface area contributed by atoms with Crippen molar-refractivity contribution in [1.29, 1.82) is 5.41 Å². The number of aromatic hydroxyl groups is 1. The third-order valence-corrected chi connectivity index (χ3v) is 4.10. The van der Waals surface area contributed by atoms with Crippen molar-refractivity contribution in [3.63, 3.8) is 0 Å². The lowest BCUT2D eigenvalue weighted by molar-refractivity contribution is 0.389. The molecule has 0 unspecified atom stereocenters.